The Labute approximate surface area is 115 Å². The first-order valence-corrected chi connectivity index (χ1v) is 7.45. The lowest BCUT2D eigenvalue weighted by molar-refractivity contribution is 0.128. The molecular weight excluding hydrogens is 236 g/mol. The van der Waals surface area contributed by atoms with Crippen LogP contribution >= 0.6 is 0 Å². The third-order valence-electron chi connectivity index (χ3n) is 4.59. The molecule has 0 saturated carbocycles. The molecule has 0 bridgehead atoms. The van der Waals surface area contributed by atoms with Crippen LogP contribution < -0.4 is 10.5 Å². The highest BCUT2D eigenvalue weighted by Crippen LogP contribution is 2.34. The van der Waals surface area contributed by atoms with Gasteiger partial charge in [0, 0.05) is 24.5 Å². The van der Waals surface area contributed by atoms with E-state index >= 15 is 0 Å². The Morgan fingerprint density at radius 3 is 3.00 bits per heavy atom. The fourth-order valence-electron chi connectivity index (χ4n) is 3.42. The van der Waals surface area contributed by atoms with Gasteiger partial charge in [-0.15, -0.1) is 0 Å². The van der Waals surface area contributed by atoms with Crippen molar-refractivity contribution in [2.75, 3.05) is 19.7 Å². The number of para-hydroxylation sites is 1. The average Bonchev–Trinajstić information content (AvgIpc) is 2.42. The summed E-state index contributed by atoms with van der Waals surface area (Å²) in [6.07, 6.45) is 3.40. The van der Waals surface area contributed by atoms with Crippen molar-refractivity contribution in [2.45, 2.75) is 44.2 Å². The lowest BCUT2D eigenvalue weighted by atomic mass is 9.90. The van der Waals surface area contributed by atoms with Crippen molar-refractivity contribution in [2.24, 2.45) is 5.73 Å². The van der Waals surface area contributed by atoms with Crippen LogP contribution in [0.1, 0.15) is 37.7 Å². The SMILES string of the molecule is CC1CC(N)CCN1CC1CCOc2ccccc21. The fraction of sp³-hybridized carbons (Fsp3) is 0.625. The van der Waals surface area contributed by atoms with Gasteiger partial charge in [-0.05, 0) is 44.4 Å². The lowest BCUT2D eigenvalue weighted by Crippen LogP contribution is -2.47. The molecule has 3 heteroatoms. The highest BCUT2D eigenvalue weighted by atomic mass is 16.5. The Hall–Kier alpha value is -1.06. The van der Waals surface area contributed by atoms with Gasteiger partial charge in [-0.2, -0.15) is 0 Å². The normalized spacial score (nSPS) is 31.6. The number of fused-ring (bicyclic) bond motifs is 1. The molecule has 1 aromatic rings. The fourth-order valence-corrected chi connectivity index (χ4v) is 3.42. The van der Waals surface area contributed by atoms with E-state index < -0.39 is 0 Å². The predicted octanol–water partition coefficient (Wildman–Crippen LogP) is 2.36. The molecule has 0 aliphatic carbocycles. The smallest absolute Gasteiger partial charge is 0.122 e. The Bertz CT molecular complexity index is 435. The molecule has 2 aliphatic rings. The minimum Gasteiger partial charge on any atom is -0.493 e. The largest absolute Gasteiger partial charge is 0.493 e. The molecule has 104 valence electrons. The van der Waals surface area contributed by atoms with Crippen molar-refractivity contribution in [1.82, 2.24) is 4.90 Å². The molecule has 0 radical (unpaired) electrons. The van der Waals surface area contributed by atoms with Gasteiger partial charge in [0.2, 0.25) is 0 Å². The quantitative estimate of drug-likeness (QED) is 0.887. The van der Waals surface area contributed by atoms with E-state index in [1.807, 2.05) is 0 Å². The maximum Gasteiger partial charge on any atom is 0.122 e. The van der Waals surface area contributed by atoms with Gasteiger partial charge in [0.15, 0.2) is 0 Å². The number of ether oxygens (including phenoxy) is 1. The number of hydrogen-bond donors (Lipinski definition) is 1. The zero-order valence-electron chi connectivity index (χ0n) is 11.7. The second kappa shape index (κ2) is 5.51. The van der Waals surface area contributed by atoms with Crippen molar-refractivity contribution >= 4 is 0 Å². The zero-order chi connectivity index (χ0) is 13.2. The van der Waals surface area contributed by atoms with Crippen LogP contribution in [0.15, 0.2) is 24.3 Å². The molecule has 3 atom stereocenters. The predicted molar refractivity (Wildman–Crippen MR) is 77.5 cm³/mol. The van der Waals surface area contributed by atoms with Crippen LogP contribution in [0.4, 0.5) is 0 Å². The van der Waals surface area contributed by atoms with Crippen molar-refractivity contribution in [1.29, 1.82) is 0 Å². The summed E-state index contributed by atoms with van der Waals surface area (Å²) in [7, 11) is 0. The molecule has 0 amide bonds. The summed E-state index contributed by atoms with van der Waals surface area (Å²) in [6.45, 7) is 5.45. The number of benzene rings is 1. The van der Waals surface area contributed by atoms with Gasteiger partial charge >= 0.3 is 0 Å². The topological polar surface area (TPSA) is 38.5 Å². The molecule has 1 saturated heterocycles. The van der Waals surface area contributed by atoms with E-state index in [1.165, 1.54) is 5.56 Å². The first-order valence-electron chi connectivity index (χ1n) is 7.45. The first kappa shape index (κ1) is 12.9. The monoisotopic (exact) mass is 260 g/mol. The summed E-state index contributed by atoms with van der Waals surface area (Å²) in [5.74, 6) is 1.70. The van der Waals surface area contributed by atoms with Gasteiger partial charge in [-0.25, -0.2) is 0 Å². The molecule has 2 heterocycles. The van der Waals surface area contributed by atoms with Crippen LogP contribution in [-0.2, 0) is 0 Å². The van der Waals surface area contributed by atoms with Crippen molar-refractivity contribution in [3.63, 3.8) is 0 Å². The number of nitrogens with zero attached hydrogens (tertiary/aromatic N) is 1. The Morgan fingerprint density at radius 2 is 2.16 bits per heavy atom. The molecular formula is C16H24N2O. The lowest BCUT2D eigenvalue weighted by Gasteiger charge is -2.39. The summed E-state index contributed by atoms with van der Waals surface area (Å²) >= 11 is 0. The number of nitrogens with two attached hydrogens (primary N) is 1. The molecule has 19 heavy (non-hydrogen) atoms. The standard InChI is InChI=1S/C16H24N2O/c1-12-10-14(17)6-8-18(12)11-13-7-9-19-16-5-3-2-4-15(13)16/h2-5,12-14H,6-11,17H2,1H3. The van der Waals surface area contributed by atoms with E-state index in [1.54, 1.807) is 0 Å². The zero-order valence-corrected chi connectivity index (χ0v) is 11.7. The maximum atomic E-state index is 6.05. The van der Waals surface area contributed by atoms with E-state index in [0.29, 0.717) is 18.0 Å². The van der Waals surface area contributed by atoms with Crippen LogP contribution in [0.2, 0.25) is 0 Å². The molecule has 2 N–H and O–H groups in total. The summed E-state index contributed by atoms with van der Waals surface area (Å²) in [6, 6.07) is 9.50. The van der Waals surface area contributed by atoms with Gasteiger partial charge in [-0.1, -0.05) is 18.2 Å². The number of piperidine rings is 1. The molecule has 3 nitrogen and oxygen atoms in total. The maximum absolute atomic E-state index is 6.05. The minimum atomic E-state index is 0.397. The second-order valence-corrected chi connectivity index (χ2v) is 6.00. The summed E-state index contributed by atoms with van der Waals surface area (Å²) in [5, 5.41) is 0. The molecule has 0 aromatic heterocycles. The van der Waals surface area contributed by atoms with Crippen LogP contribution in [0.3, 0.4) is 0 Å². The molecule has 3 rings (SSSR count). The molecule has 3 unspecified atom stereocenters. The van der Waals surface area contributed by atoms with Crippen molar-refractivity contribution in [3.8, 4) is 5.75 Å². The van der Waals surface area contributed by atoms with Crippen molar-refractivity contribution in [3.05, 3.63) is 29.8 Å². The van der Waals surface area contributed by atoms with Crippen LogP contribution in [0, 0.1) is 0 Å². The van der Waals surface area contributed by atoms with Gasteiger partial charge in [0.1, 0.15) is 5.75 Å². The molecule has 1 fully saturated rings. The highest BCUT2D eigenvalue weighted by Gasteiger charge is 2.28. The first-order chi connectivity index (χ1) is 9.24. The van der Waals surface area contributed by atoms with E-state index in [2.05, 4.69) is 36.1 Å². The summed E-state index contributed by atoms with van der Waals surface area (Å²) < 4.78 is 5.75. The Morgan fingerprint density at radius 1 is 1.32 bits per heavy atom. The second-order valence-electron chi connectivity index (χ2n) is 6.00. The third kappa shape index (κ3) is 2.77. The number of hydrogen-bond acceptors (Lipinski definition) is 3. The van der Waals surface area contributed by atoms with Gasteiger partial charge < -0.3 is 10.5 Å². The van der Waals surface area contributed by atoms with E-state index in [9.17, 15) is 0 Å². The van der Waals surface area contributed by atoms with Gasteiger partial charge in [-0.3, -0.25) is 4.90 Å². The molecule has 1 aromatic carbocycles. The minimum absolute atomic E-state index is 0.397. The van der Waals surface area contributed by atoms with Crippen molar-refractivity contribution < 1.29 is 4.74 Å². The van der Waals surface area contributed by atoms with Crippen LogP contribution in [0.25, 0.3) is 0 Å². The van der Waals surface area contributed by atoms with E-state index in [0.717, 1.165) is 44.7 Å². The Balaban J connectivity index is 1.71. The van der Waals surface area contributed by atoms with Crippen LogP contribution in [-0.4, -0.2) is 36.7 Å². The number of likely N-dealkylation sites (tertiary alicyclic amines) is 1. The highest BCUT2D eigenvalue weighted by molar-refractivity contribution is 5.38. The van der Waals surface area contributed by atoms with E-state index in [-0.39, 0.29) is 0 Å². The number of rotatable bonds is 2. The van der Waals surface area contributed by atoms with Gasteiger partial charge in [0.25, 0.3) is 0 Å². The molecule has 2 aliphatic heterocycles. The van der Waals surface area contributed by atoms with Crippen LogP contribution in [0.5, 0.6) is 5.75 Å². The summed E-state index contributed by atoms with van der Waals surface area (Å²) in [5.41, 5.74) is 7.44. The van der Waals surface area contributed by atoms with E-state index in [4.69, 9.17) is 10.5 Å². The molecule has 0 spiro atoms. The average molecular weight is 260 g/mol. The van der Waals surface area contributed by atoms with Gasteiger partial charge in [0.05, 0.1) is 6.61 Å². The third-order valence-corrected chi connectivity index (χ3v) is 4.59. The Kier molecular flexibility index (Phi) is 3.76. The summed E-state index contributed by atoms with van der Waals surface area (Å²) in [4.78, 5) is 2.61.